The van der Waals surface area contributed by atoms with E-state index < -0.39 is 69.1 Å². The van der Waals surface area contributed by atoms with Crippen molar-refractivity contribution < 1.29 is 39.9 Å². The van der Waals surface area contributed by atoms with Gasteiger partial charge in [-0.3, -0.25) is 14.4 Å². The highest BCUT2D eigenvalue weighted by Crippen LogP contribution is 2.57. The Hall–Kier alpha value is -3.17. The number of aromatic hydroxyl groups is 1. The Morgan fingerprint density at radius 2 is 1.80 bits per heavy atom. The molecule has 1 aromatic rings. The van der Waals surface area contributed by atoms with Crippen molar-refractivity contribution in [2.45, 2.75) is 31.5 Å². The summed E-state index contributed by atoms with van der Waals surface area (Å²) < 4.78 is 0. The zero-order chi connectivity index (χ0) is 22.3. The summed E-state index contributed by atoms with van der Waals surface area (Å²) in [5.41, 5.74) is -0.480. The van der Waals surface area contributed by atoms with Gasteiger partial charge in [0.25, 0.3) is 5.91 Å². The Bertz CT molecular complexity index is 1100. The lowest BCUT2D eigenvalue weighted by Crippen LogP contribution is -2.62. The molecule has 30 heavy (non-hydrogen) atoms. The first kappa shape index (κ1) is 20.1. The molecule has 0 heterocycles. The van der Waals surface area contributed by atoms with Gasteiger partial charge >= 0.3 is 0 Å². The van der Waals surface area contributed by atoms with Crippen LogP contribution in [0.1, 0.15) is 31.4 Å². The summed E-state index contributed by atoms with van der Waals surface area (Å²) >= 11 is 0. The van der Waals surface area contributed by atoms with Crippen LogP contribution in [0.15, 0.2) is 35.1 Å². The van der Waals surface area contributed by atoms with Crippen LogP contribution in [0, 0.1) is 17.8 Å². The zero-order valence-corrected chi connectivity index (χ0v) is 16.2. The van der Waals surface area contributed by atoms with Gasteiger partial charge in [0.05, 0.1) is 11.2 Å². The van der Waals surface area contributed by atoms with Crippen molar-refractivity contribution in [1.82, 2.24) is 0 Å². The van der Waals surface area contributed by atoms with Gasteiger partial charge in [0.15, 0.2) is 11.4 Å². The van der Waals surface area contributed by atoms with E-state index in [1.54, 1.807) is 0 Å². The number of hydrogen-bond donors (Lipinski definition) is 6. The predicted octanol–water partition coefficient (Wildman–Crippen LogP) is 0.335. The Labute approximate surface area is 170 Å². The topological polar surface area (TPSA) is 178 Å². The lowest BCUT2D eigenvalue weighted by molar-refractivity contribution is -0.157. The van der Waals surface area contributed by atoms with Crippen molar-refractivity contribution in [2.24, 2.45) is 23.5 Å². The molecular formula is C21H21NO8. The molecule has 3 aliphatic rings. The van der Waals surface area contributed by atoms with E-state index in [2.05, 4.69) is 0 Å². The number of phenols is 1. The van der Waals surface area contributed by atoms with Gasteiger partial charge in [0.1, 0.15) is 22.8 Å². The molecule has 1 fully saturated rings. The summed E-state index contributed by atoms with van der Waals surface area (Å²) in [7, 11) is 0. The van der Waals surface area contributed by atoms with Gasteiger partial charge in [-0.2, -0.15) is 0 Å². The Morgan fingerprint density at radius 1 is 1.17 bits per heavy atom. The highest BCUT2D eigenvalue weighted by atomic mass is 16.3. The number of ketones is 2. The van der Waals surface area contributed by atoms with E-state index in [4.69, 9.17) is 5.73 Å². The number of amides is 1. The molecule has 4 unspecified atom stereocenters. The number of benzene rings is 1. The van der Waals surface area contributed by atoms with E-state index >= 15 is 0 Å². The molecule has 4 rings (SSSR count). The summed E-state index contributed by atoms with van der Waals surface area (Å²) in [6.07, 6.45) is -0.160. The number of aliphatic hydroxyl groups excluding tert-OH is 2. The first-order valence-electron chi connectivity index (χ1n) is 9.39. The molecule has 0 bridgehead atoms. The highest BCUT2D eigenvalue weighted by molar-refractivity contribution is 6.23. The van der Waals surface area contributed by atoms with E-state index in [-0.39, 0.29) is 23.3 Å². The van der Waals surface area contributed by atoms with Gasteiger partial charge in [-0.15, -0.1) is 0 Å². The Balaban J connectivity index is 2.04. The SMILES string of the molecule is C[C@@H]1C(=O)C(C(N)=O)=C(O)C2(O)C(=O)C3=C(O)c4c(O)cccc4C(C)(O)C3CC12. The van der Waals surface area contributed by atoms with E-state index in [0.29, 0.717) is 0 Å². The largest absolute Gasteiger partial charge is 0.508 e. The van der Waals surface area contributed by atoms with E-state index in [1.807, 2.05) is 0 Å². The van der Waals surface area contributed by atoms with E-state index in [9.17, 15) is 39.9 Å². The van der Waals surface area contributed by atoms with Crippen LogP contribution in [-0.4, -0.2) is 48.6 Å². The lowest BCUT2D eigenvalue weighted by Gasteiger charge is -2.51. The van der Waals surface area contributed by atoms with Crippen LogP contribution >= 0.6 is 0 Å². The third kappa shape index (κ3) is 2.16. The molecule has 9 nitrogen and oxygen atoms in total. The summed E-state index contributed by atoms with van der Waals surface area (Å²) in [6.45, 7) is 2.80. The second-order valence-electron chi connectivity index (χ2n) is 8.34. The van der Waals surface area contributed by atoms with Crippen LogP contribution in [0.25, 0.3) is 5.76 Å². The first-order valence-corrected chi connectivity index (χ1v) is 9.39. The van der Waals surface area contributed by atoms with Crippen LogP contribution in [-0.2, 0) is 20.0 Å². The minimum Gasteiger partial charge on any atom is -0.508 e. The predicted molar refractivity (Wildman–Crippen MR) is 102 cm³/mol. The number of phenolic OH excluding ortho intramolecular Hbond substituents is 1. The monoisotopic (exact) mass is 415 g/mol. The second kappa shape index (κ2) is 5.93. The van der Waals surface area contributed by atoms with Crippen LogP contribution in [0.3, 0.4) is 0 Å². The summed E-state index contributed by atoms with van der Waals surface area (Å²) in [4.78, 5) is 37.8. The standard InChI is InChI=1S/C21H21NO8/c1-7-9-6-10-13(16(25)12-8(20(10,2)29)4-3-5-11(12)23)17(26)21(9,30)18(27)14(15(7)24)19(22)28/h3-5,7,9-10,23,25,27,29-30H,6H2,1-2H3,(H2,22,28)/t7-,9?,10?,20?,21?/m0/s1. The fourth-order valence-electron chi connectivity index (χ4n) is 5.20. The zero-order valence-electron chi connectivity index (χ0n) is 16.2. The summed E-state index contributed by atoms with van der Waals surface area (Å²) in [5, 5.41) is 54.2. The Morgan fingerprint density at radius 3 is 2.40 bits per heavy atom. The molecule has 0 aromatic heterocycles. The minimum atomic E-state index is -2.69. The average molecular weight is 415 g/mol. The molecule has 1 saturated carbocycles. The van der Waals surface area contributed by atoms with Gasteiger partial charge in [-0.25, -0.2) is 0 Å². The fourth-order valence-corrected chi connectivity index (χ4v) is 5.20. The maximum Gasteiger partial charge on any atom is 0.255 e. The molecule has 0 saturated heterocycles. The van der Waals surface area contributed by atoms with Crippen LogP contribution in [0.4, 0.5) is 0 Å². The number of carbonyl (C=O) groups excluding carboxylic acids is 3. The van der Waals surface area contributed by atoms with Crippen molar-refractivity contribution in [3.05, 3.63) is 46.2 Å². The number of primary amides is 1. The second-order valence-corrected chi connectivity index (χ2v) is 8.34. The van der Waals surface area contributed by atoms with E-state index in [1.165, 1.54) is 32.0 Å². The highest BCUT2D eigenvalue weighted by Gasteiger charge is 2.65. The molecule has 0 aliphatic heterocycles. The third-order valence-corrected chi connectivity index (χ3v) is 6.83. The van der Waals surface area contributed by atoms with Gasteiger partial charge in [0.2, 0.25) is 5.78 Å². The number of aliphatic hydroxyl groups is 4. The Kier molecular flexibility index (Phi) is 3.98. The van der Waals surface area contributed by atoms with Crippen molar-refractivity contribution >= 4 is 23.2 Å². The number of nitrogens with two attached hydrogens (primary N) is 1. The number of fused-ring (bicyclic) bond motifs is 3. The maximum atomic E-state index is 13.4. The summed E-state index contributed by atoms with van der Waals surface area (Å²) in [5.74, 6) is -8.73. The number of Topliss-reactive ketones (excluding diaryl/α,β-unsaturated/α-hetero) is 2. The average Bonchev–Trinajstić information content (AvgIpc) is 2.66. The van der Waals surface area contributed by atoms with Gasteiger partial charge in [-0.05, 0) is 25.0 Å². The van der Waals surface area contributed by atoms with Crippen molar-refractivity contribution in [2.75, 3.05) is 0 Å². The molecule has 0 radical (unpaired) electrons. The smallest absolute Gasteiger partial charge is 0.255 e. The van der Waals surface area contributed by atoms with Gasteiger partial charge < -0.3 is 31.3 Å². The molecule has 1 aromatic carbocycles. The maximum absolute atomic E-state index is 13.4. The molecule has 1 amide bonds. The van der Waals surface area contributed by atoms with Gasteiger partial charge in [-0.1, -0.05) is 19.1 Å². The molecule has 3 aliphatic carbocycles. The molecule has 158 valence electrons. The normalized spacial score (nSPS) is 35.7. The first-order chi connectivity index (χ1) is 13.9. The molecule has 9 heteroatoms. The van der Waals surface area contributed by atoms with Crippen LogP contribution in [0.2, 0.25) is 0 Å². The van der Waals surface area contributed by atoms with Gasteiger partial charge in [0, 0.05) is 23.3 Å². The molecule has 5 atom stereocenters. The number of hydrogen-bond acceptors (Lipinski definition) is 8. The van der Waals surface area contributed by atoms with Crippen LogP contribution in [0.5, 0.6) is 5.75 Å². The van der Waals surface area contributed by atoms with Crippen molar-refractivity contribution in [3.8, 4) is 5.75 Å². The fraction of sp³-hybridized carbons (Fsp3) is 0.381. The lowest BCUT2D eigenvalue weighted by atomic mass is 9.53. The quantitative estimate of drug-likeness (QED) is 0.355. The minimum absolute atomic E-state index is 0.160. The molecule has 0 spiro atoms. The molecular weight excluding hydrogens is 394 g/mol. The summed E-state index contributed by atoms with van der Waals surface area (Å²) in [6, 6.07) is 4.23. The van der Waals surface area contributed by atoms with Crippen molar-refractivity contribution in [3.63, 3.8) is 0 Å². The van der Waals surface area contributed by atoms with E-state index in [0.717, 1.165) is 0 Å². The van der Waals surface area contributed by atoms with Crippen molar-refractivity contribution in [1.29, 1.82) is 0 Å². The third-order valence-electron chi connectivity index (χ3n) is 6.83. The van der Waals surface area contributed by atoms with Crippen LogP contribution < -0.4 is 5.73 Å². The molecule has 7 N–H and O–H groups in total. The number of rotatable bonds is 1. The number of carbonyl (C=O) groups is 3.